The molecule has 82 valence electrons. The Kier molecular flexibility index (Phi) is 4.63. The molecule has 2 nitrogen and oxygen atoms in total. The standard InChI is InChI=1S/C12H24N2/c1-5-14(12-6-7-12)9-11(4)8-13-10(2)3/h10,12-13H,4-9H2,1-3H3. The van der Waals surface area contributed by atoms with Crippen LogP contribution in [0, 0.1) is 0 Å². The van der Waals surface area contributed by atoms with Crippen LogP contribution >= 0.6 is 0 Å². The molecule has 1 saturated carbocycles. The molecule has 1 aliphatic rings. The maximum atomic E-state index is 4.12. The number of likely N-dealkylation sites (N-methyl/N-ethyl adjacent to an activating group) is 1. The van der Waals surface area contributed by atoms with Crippen molar-refractivity contribution in [3.05, 3.63) is 12.2 Å². The Balaban J connectivity index is 2.17. The molecule has 2 heteroatoms. The van der Waals surface area contributed by atoms with Gasteiger partial charge in [0, 0.05) is 25.2 Å². The summed E-state index contributed by atoms with van der Waals surface area (Å²) < 4.78 is 0. The third-order valence-corrected chi connectivity index (χ3v) is 2.66. The van der Waals surface area contributed by atoms with Gasteiger partial charge >= 0.3 is 0 Å². The summed E-state index contributed by atoms with van der Waals surface area (Å²) in [5.41, 5.74) is 1.31. The molecule has 0 radical (unpaired) electrons. The first-order valence-corrected chi connectivity index (χ1v) is 5.77. The van der Waals surface area contributed by atoms with Crippen LogP contribution in [0.5, 0.6) is 0 Å². The molecule has 0 bridgehead atoms. The Hall–Kier alpha value is -0.340. The van der Waals surface area contributed by atoms with Crippen molar-refractivity contribution in [1.82, 2.24) is 10.2 Å². The Bertz CT molecular complexity index is 183. The highest BCUT2D eigenvalue weighted by atomic mass is 15.2. The highest BCUT2D eigenvalue weighted by Crippen LogP contribution is 2.26. The number of hydrogen-bond acceptors (Lipinski definition) is 2. The molecule has 1 N–H and O–H groups in total. The van der Waals surface area contributed by atoms with Crippen LogP contribution in [0.3, 0.4) is 0 Å². The zero-order chi connectivity index (χ0) is 10.6. The minimum atomic E-state index is 0.558. The van der Waals surface area contributed by atoms with E-state index in [0.29, 0.717) is 6.04 Å². The van der Waals surface area contributed by atoms with Gasteiger partial charge in [0.15, 0.2) is 0 Å². The minimum Gasteiger partial charge on any atom is -0.311 e. The van der Waals surface area contributed by atoms with Gasteiger partial charge in [-0.1, -0.05) is 27.4 Å². The molecule has 0 spiro atoms. The first kappa shape index (κ1) is 11.7. The average molecular weight is 196 g/mol. The monoisotopic (exact) mass is 196 g/mol. The summed E-state index contributed by atoms with van der Waals surface area (Å²) in [4.78, 5) is 2.53. The van der Waals surface area contributed by atoms with Crippen LogP contribution in [0.4, 0.5) is 0 Å². The summed E-state index contributed by atoms with van der Waals surface area (Å²) in [5.74, 6) is 0. The molecule has 0 aromatic rings. The Labute approximate surface area is 88.4 Å². The molecular formula is C12H24N2. The van der Waals surface area contributed by atoms with Crippen LogP contribution in [0.25, 0.3) is 0 Å². The zero-order valence-corrected chi connectivity index (χ0v) is 9.84. The van der Waals surface area contributed by atoms with Crippen molar-refractivity contribution in [2.75, 3.05) is 19.6 Å². The predicted octanol–water partition coefficient (Wildman–Crippen LogP) is 2.02. The maximum Gasteiger partial charge on any atom is 0.0205 e. The number of hydrogen-bond donors (Lipinski definition) is 1. The highest BCUT2D eigenvalue weighted by molar-refractivity contribution is 5.02. The third-order valence-electron chi connectivity index (χ3n) is 2.66. The lowest BCUT2D eigenvalue weighted by atomic mass is 10.2. The van der Waals surface area contributed by atoms with Crippen LogP contribution in [0.2, 0.25) is 0 Å². The average Bonchev–Trinajstić information content (AvgIpc) is 2.94. The van der Waals surface area contributed by atoms with Crippen LogP contribution in [-0.4, -0.2) is 36.6 Å². The van der Waals surface area contributed by atoms with Crippen molar-refractivity contribution >= 4 is 0 Å². The smallest absolute Gasteiger partial charge is 0.0205 e. The lowest BCUT2D eigenvalue weighted by Crippen LogP contribution is -2.32. The molecule has 0 aromatic carbocycles. The van der Waals surface area contributed by atoms with Crippen LogP contribution in [0.1, 0.15) is 33.6 Å². The summed E-state index contributed by atoms with van der Waals surface area (Å²) in [6.45, 7) is 13.9. The van der Waals surface area contributed by atoms with Gasteiger partial charge in [-0.15, -0.1) is 0 Å². The van der Waals surface area contributed by atoms with Gasteiger partial charge in [0.2, 0.25) is 0 Å². The molecular weight excluding hydrogens is 172 g/mol. The molecule has 14 heavy (non-hydrogen) atoms. The van der Waals surface area contributed by atoms with E-state index in [0.717, 1.165) is 25.7 Å². The van der Waals surface area contributed by atoms with Crippen LogP contribution in [-0.2, 0) is 0 Å². The van der Waals surface area contributed by atoms with Crippen molar-refractivity contribution in [3.63, 3.8) is 0 Å². The molecule has 0 aliphatic heterocycles. The van der Waals surface area contributed by atoms with Gasteiger partial charge in [-0.05, 0) is 25.0 Å². The summed E-state index contributed by atoms with van der Waals surface area (Å²) in [6.07, 6.45) is 2.78. The van der Waals surface area contributed by atoms with Crippen molar-refractivity contribution in [1.29, 1.82) is 0 Å². The van der Waals surface area contributed by atoms with Gasteiger partial charge in [0.1, 0.15) is 0 Å². The van der Waals surface area contributed by atoms with E-state index >= 15 is 0 Å². The second-order valence-corrected chi connectivity index (χ2v) is 4.58. The minimum absolute atomic E-state index is 0.558. The Morgan fingerprint density at radius 2 is 2.14 bits per heavy atom. The van der Waals surface area contributed by atoms with E-state index in [2.05, 4.69) is 37.6 Å². The van der Waals surface area contributed by atoms with Gasteiger partial charge < -0.3 is 5.32 Å². The van der Waals surface area contributed by atoms with Crippen molar-refractivity contribution in [3.8, 4) is 0 Å². The van der Waals surface area contributed by atoms with E-state index in [-0.39, 0.29) is 0 Å². The number of nitrogens with zero attached hydrogens (tertiary/aromatic N) is 1. The normalized spacial score (nSPS) is 16.6. The molecule has 0 atom stereocenters. The van der Waals surface area contributed by atoms with Gasteiger partial charge in [0.25, 0.3) is 0 Å². The molecule has 0 heterocycles. The van der Waals surface area contributed by atoms with Gasteiger partial charge in [0.05, 0.1) is 0 Å². The topological polar surface area (TPSA) is 15.3 Å². The van der Waals surface area contributed by atoms with Crippen molar-refractivity contribution < 1.29 is 0 Å². The quantitative estimate of drug-likeness (QED) is 0.627. The van der Waals surface area contributed by atoms with Crippen LogP contribution < -0.4 is 5.32 Å². The third kappa shape index (κ3) is 4.25. The Morgan fingerprint density at radius 1 is 1.50 bits per heavy atom. The fourth-order valence-corrected chi connectivity index (χ4v) is 1.63. The molecule has 0 amide bonds. The summed E-state index contributed by atoms with van der Waals surface area (Å²) in [6, 6.07) is 1.42. The lowest BCUT2D eigenvalue weighted by Gasteiger charge is -2.21. The van der Waals surface area contributed by atoms with Gasteiger partial charge in [-0.25, -0.2) is 0 Å². The first-order chi connectivity index (χ1) is 6.63. The fraction of sp³-hybridized carbons (Fsp3) is 0.833. The predicted molar refractivity (Wildman–Crippen MR) is 62.5 cm³/mol. The summed E-state index contributed by atoms with van der Waals surface area (Å²) in [7, 11) is 0. The van der Waals surface area contributed by atoms with Gasteiger partial charge in [-0.2, -0.15) is 0 Å². The van der Waals surface area contributed by atoms with E-state index in [4.69, 9.17) is 0 Å². The van der Waals surface area contributed by atoms with E-state index < -0.39 is 0 Å². The summed E-state index contributed by atoms with van der Waals surface area (Å²) >= 11 is 0. The first-order valence-electron chi connectivity index (χ1n) is 5.77. The maximum absolute atomic E-state index is 4.12. The highest BCUT2D eigenvalue weighted by Gasteiger charge is 2.27. The van der Waals surface area contributed by atoms with Gasteiger partial charge in [-0.3, -0.25) is 4.90 Å². The largest absolute Gasteiger partial charge is 0.311 e. The fourth-order valence-electron chi connectivity index (χ4n) is 1.63. The van der Waals surface area contributed by atoms with E-state index in [1.165, 1.54) is 18.4 Å². The van der Waals surface area contributed by atoms with Crippen molar-refractivity contribution in [2.24, 2.45) is 0 Å². The molecule has 1 rings (SSSR count). The Morgan fingerprint density at radius 3 is 2.57 bits per heavy atom. The van der Waals surface area contributed by atoms with E-state index in [1.54, 1.807) is 0 Å². The lowest BCUT2D eigenvalue weighted by molar-refractivity contribution is 0.299. The second kappa shape index (κ2) is 5.52. The SMILES string of the molecule is C=C(CNC(C)C)CN(CC)C1CC1. The molecule has 1 fully saturated rings. The van der Waals surface area contributed by atoms with Crippen LogP contribution in [0.15, 0.2) is 12.2 Å². The molecule has 1 aliphatic carbocycles. The molecule has 0 saturated heterocycles. The van der Waals surface area contributed by atoms with E-state index in [9.17, 15) is 0 Å². The zero-order valence-electron chi connectivity index (χ0n) is 9.84. The number of rotatable bonds is 7. The number of nitrogens with one attached hydrogen (secondary N) is 1. The summed E-state index contributed by atoms with van der Waals surface area (Å²) in [5, 5.41) is 3.41. The van der Waals surface area contributed by atoms with E-state index in [1.807, 2.05) is 0 Å². The molecule has 0 aromatic heterocycles. The molecule has 0 unspecified atom stereocenters. The second-order valence-electron chi connectivity index (χ2n) is 4.58. The van der Waals surface area contributed by atoms with Crippen molar-refractivity contribution in [2.45, 2.75) is 45.7 Å².